The lowest BCUT2D eigenvalue weighted by Crippen LogP contribution is -2.25. The van der Waals surface area contributed by atoms with Crippen molar-refractivity contribution in [1.82, 2.24) is 20.3 Å². The molecule has 1 atom stereocenters. The normalized spacial score (nSPS) is 12.3. The van der Waals surface area contributed by atoms with Crippen LogP contribution in [0.2, 0.25) is 0 Å². The fourth-order valence-electron chi connectivity index (χ4n) is 2.02. The molecule has 19 heavy (non-hydrogen) atoms. The molecular formula is C15H20N4. The molecule has 0 aliphatic rings. The molecule has 0 fully saturated rings. The van der Waals surface area contributed by atoms with Crippen LogP contribution in [0, 0.1) is 6.92 Å². The van der Waals surface area contributed by atoms with Crippen LogP contribution in [0.5, 0.6) is 0 Å². The summed E-state index contributed by atoms with van der Waals surface area (Å²) in [7, 11) is 0. The van der Waals surface area contributed by atoms with E-state index >= 15 is 0 Å². The third-order valence-electron chi connectivity index (χ3n) is 2.96. The van der Waals surface area contributed by atoms with Gasteiger partial charge < -0.3 is 5.32 Å². The molecule has 0 saturated heterocycles. The minimum atomic E-state index is 0.214. The van der Waals surface area contributed by atoms with E-state index in [-0.39, 0.29) is 6.04 Å². The van der Waals surface area contributed by atoms with Gasteiger partial charge in [-0.05, 0) is 44.0 Å². The van der Waals surface area contributed by atoms with E-state index < -0.39 is 0 Å². The predicted octanol–water partition coefficient (Wildman–Crippen LogP) is 2.46. The maximum atomic E-state index is 4.53. The average Bonchev–Trinajstić information content (AvgIpc) is 2.44. The van der Waals surface area contributed by atoms with Crippen molar-refractivity contribution < 1.29 is 0 Å². The lowest BCUT2D eigenvalue weighted by Gasteiger charge is -2.18. The summed E-state index contributed by atoms with van der Waals surface area (Å²) in [5.74, 6) is 0.812. The highest BCUT2D eigenvalue weighted by atomic mass is 15.0. The Morgan fingerprint density at radius 2 is 2.16 bits per heavy atom. The van der Waals surface area contributed by atoms with Gasteiger partial charge in [-0.2, -0.15) is 0 Å². The number of rotatable bonds is 6. The molecule has 100 valence electrons. The lowest BCUT2D eigenvalue weighted by atomic mass is 10.0. The van der Waals surface area contributed by atoms with Crippen molar-refractivity contribution in [1.29, 1.82) is 0 Å². The SMILES string of the molecule is CCCNC(Cc1cccnc1)c1ccnc(C)n1. The summed E-state index contributed by atoms with van der Waals surface area (Å²) in [5.41, 5.74) is 2.26. The molecule has 0 radical (unpaired) electrons. The minimum absolute atomic E-state index is 0.214. The van der Waals surface area contributed by atoms with Gasteiger partial charge in [0.2, 0.25) is 0 Å². The number of aromatic nitrogens is 3. The molecule has 2 rings (SSSR count). The quantitative estimate of drug-likeness (QED) is 0.862. The first-order valence-corrected chi connectivity index (χ1v) is 6.71. The molecule has 0 saturated carbocycles. The van der Waals surface area contributed by atoms with Gasteiger partial charge in [-0.25, -0.2) is 9.97 Å². The molecule has 0 spiro atoms. The van der Waals surface area contributed by atoms with E-state index in [0.717, 1.165) is 30.9 Å². The van der Waals surface area contributed by atoms with Crippen LogP contribution < -0.4 is 5.32 Å². The van der Waals surface area contributed by atoms with Gasteiger partial charge in [-0.1, -0.05) is 13.0 Å². The Bertz CT molecular complexity index is 499. The average molecular weight is 256 g/mol. The third kappa shape index (κ3) is 4.10. The van der Waals surface area contributed by atoms with E-state index in [1.165, 1.54) is 5.56 Å². The highest BCUT2D eigenvalue weighted by Gasteiger charge is 2.13. The Labute approximate surface area is 114 Å². The molecule has 4 nitrogen and oxygen atoms in total. The largest absolute Gasteiger partial charge is 0.308 e. The summed E-state index contributed by atoms with van der Waals surface area (Å²) in [6.07, 6.45) is 7.53. The Balaban J connectivity index is 2.16. The fourth-order valence-corrected chi connectivity index (χ4v) is 2.02. The molecule has 0 aliphatic heterocycles. The van der Waals surface area contributed by atoms with E-state index in [1.807, 2.05) is 31.5 Å². The Kier molecular flexibility index (Phi) is 4.98. The van der Waals surface area contributed by atoms with E-state index in [9.17, 15) is 0 Å². The zero-order valence-electron chi connectivity index (χ0n) is 11.5. The van der Waals surface area contributed by atoms with Crippen LogP contribution in [-0.2, 0) is 6.42 Å². The summed E-state index contributed by atoms with van der Waals surface area (Å²) in [6.45, 7) is 5.07. The topological polar surface area (TPSA) is 50.7 Å². The van der Waals surface area contributed by atoms with Gasteiger partial charge in [-0.15, -0.1) is 0 Å². The molecule has 2 aromatic heterocycles. The van der Waals surface area contributed by atoms with E-state index in [0.29, 0.717) is 0 Å². The smallest absolute Gasteiger partial charge is 0.125 e. The minimum Gasteiger partial charge on any atom is -0.308 e. The maximum Gasteiger partial charge on any atom is 0.125 e. The fraction of sp³-hybridized carbons (Fsp3) is 0.400. The van der Waals surface area contributed by atoms with Crippen LogP contribution in [-0.4, -0.2) is 21.5 Å². The lowest BCUT2D eigenvalue weighted by molar-refractivity contribution is 0.515. The van der Waals surface area contributed by atoms with Crippen molar-refractivity contribution in [3.05, 3.63) is 53.9 Å². The highest BCUT2D eigenvalue weighted by Crippen LogP contribution is 2.16. The van der Waals surface area contributed by atoms with E-state index in [1.54, 1.807) is 6.20 Å². The first-order chi connectivity index (χ1) is 9.29. The number of nitrogens with one attached hydrogen (secondary N) is 1. The van der Waals surface area contributed by atoms with Crippen molar-refractivity contribution >= 4 is 0 Å². The summed E-state index contributed by atoms with van der Waals surface area (Å²) < 4.78 is 0. The molecule has 0 bridgehead atoms. The summed E-state index contributed by atoms with van der Waals surface area (Å²) in [5, 5.41) is 3.54. The van der Waals surface area contributed by atoms with Crippen molar-refractivity contribution in [2.75, 3.05) is 6.54 Å². The first-order valence-electron chi connectivity index (χ1n) is 6.71. The molecule has 0 aromatic carbocycles. The Morgan fingerprint density at radius 3 is 2.84 bits per heavy atom. The zero-order valence-corrected chi connectivity index (χ0v) is 11.5. The summed E-state index contributed by atoms with van der Waals surface area (Å²) in [6, 6.07) is 6.27. The van der Waals surface area contributed by atoms with Crippen LogP contribution >= 0.6 is 0 Å². The second-order valence-corrected chi connectivity index (χ2v) is 4.60. The van der Waals surface area contributed by atoms with Gasteiger partial charge in [0.25, 0.3) is 0 Å². The summed E-state index contributed by atoms with van der Waals surface area (Å²) in [4.78, 5) is 12.9. The Morgan fingerprint density at radius 1 is 1.26 bits per heavy atom. The van der Waals surface area contributed by atoms with Gasteiger partial charge in [0.1, 0.15) is 5.82 Å². The van der Waals surface area contributed by atoms with Crippen molar-refractivity contribution in [2.45, 2.75) is 32.7 Å². The van der Waals surface area contributed by atoms with Crippen molar-refractivity contribution in [3.63, 3.8) is 0 Å². The van der Waals surface area contributed by atoms with E-state index in [2.05, 4.69) is 33.3 Å². The zero-order chi connectivity index (χ0) is 13.5. The number of hydrogen-bond acceptors (Lipinski definition) is 4. The van der Waals surface area contributed by atoms with Crippen LogP contribution in [0.1, 0.15) is 36.5 Å². The van der Waals surface area contributed by atoms with Gasteiger partial charge in [-0.3, -0.25) is 4.98 Å². The number of aryl methyl sites for hydroxylation is 1. The monoisotopic (exact) mass is 256 g/mol. The van der Waals surface area contributed by atoms with Gasteiger partial charge in [0.05, 0.1) is 11.7 Å². The molecule has 2 aromatic rings. The highest BCUT2D eigenvalue weighted by molar-refractivity contribution is 5.15. The second-order valence-electron chi connectivity index (χ2n) is 4.60. The summed E-state index contributed by atoms with van der Waals surface area (Å²) >= 11 is 0. The molecule has 2 heterocycles. The molecule has 1 unspecified atom stereocenters. The number of hydrogen-bond donors (Lipinski definition) is 1. The number of nitrogens with zero attached hydrogens (tertiary/aromatic N) is 3. The van der Waals surface area contributed by atoms with Crippen LogP contribution in [0.3, 0.4) is 0 Å². The molecular weight excluding hydrogens is 236 g/mol. The van der Waals surface area contributed by atoms with Gasteiger partial charge in [0, 0.05) is 18.6 Å². The molecule has 1 N–H and O–H groups in total. The number of pyridine rings is 1. The van der Waals surface area contributed by atoms with Gasteiger partial charge >= 0.3 is 0 Å². The standard InChI is InChI=1S/C15H20N4/c1-3-7-18-15(10-13-5-4-8-16-11-13)14-6-9-17-12(2)19-14/h4-6,8-9,11,15,18H,3,7,10H2,1-2H3. The first kappa shape index (κ1) is 13.6. The van der Waals surface area contributed by atoms with Crippen LogP contribution in [0.4, 0.5) is 0 Å². The molecule has 0 aliphatic carbocycles. The van der Waals surface area contributed by atoms with Crippen LogP contribution in [0.15, 0.2) is 36.8 Å². The van der Waals surface area contributed by atoms with Gasteiger partial charge in [0.15, 0.2) is 0 Å². The molecule has 0 amide bonds. The predicted molar refractivity (Wildman–Crippen MR) is 75.7 cm³/mol. The maximum absolute atomic E-state index is 4.53. The van der Waals surface area contributed by atoms with E-state index in [4.69, 9.17) is 0 Å². The van der Waals surface area contributed by atoms with Crippen molar-refractivity contribution in [3.8, 4) is 0 Å². The van der Waals surface area contributed by atoms with Crippen LogP contribution in [0.25, 0.3) is 0 Å². The Hall–Kier alpha value is -1.81. The third-order valence-corrected chi connectivity index (χ3v) is 2.96. The second kappa shape index (κ2) is 6.95. The van der Waals surface area contributed by atoms with Crippen molar-refractivity contribution in [2.24, 2.45) is 0 Å². The molecule has 4 heteroatoms.